The summed E-state index contributed by atoms with van der Waals surface area (Å²) in [6.07, 6.45) is 1.78. The molecule has 2 aromatic rings. The summed E-state index contributed by atoms with van der Waals surface area (Å²) in [5.41, 5.74) is 2.75. The molecule has 1 aromatic carbocycles. The Morgan fingerprint density at radius 2 is 1.80 bits per heavy atom. The molecule has 0 bridgehead atoms. The lowest BCUT2D eigenvalue weighted by Gasteiger charge is -1.99. The van der Waals surface area contributed by atoms with Crippen LogP contribution < -0.4 is 11.0 Å². The van der Waals surface area contributed by atoms with E-state index in [0.717, 1.165) is 16.6 Å². The van der Waals surface area contributed by atoms with Crippen molar-refractivity contribution in [2.75, 3.05) is 0 Å². The SMILES string of the molecule is Cn1c(=O)n(C)c2cc(/C=C3\CC(=O)NC3=O)ccc21. The Morgan fingerprint density at radius 1 is 1.10 bits per heavy atom. The number of hydrogen-bond acceptors (Lipinski definition) is 3. The average Bonchev–Trinajstić information content (AvgIpc) is 2.83. The number of hydrogen-bond donors (Lipinski definition) is 1. The van der Waals surface area contributed by atoms with E-state index < -0.39 is 0 Å². The van der Waals surface area contributed by atoms with E-state index in [2.05, 4.69) is 5.32 Å². The summed E-state index contributed by atoms with van der Waals surface area (Å²) in [4.78, 5) is 34.5. The molecule has 6 heteroatoms. The number of nitrogens with zero attached hydrogens (tertiary/aromatic N) is 2. The summed E-state index contributed by atoms with van der Waals surface area (Å²) in [7, 11) is 3.42. The highest BCUT2D eigenvalue weighted by molar-refractivity contribution is 6.15. The molecular formula is C14H13N3O3. The van der Waals surface area contributed by atoms with Gasteiger partial charge in [0.1, 0.15) is 0 Å². The summed E-state index contributed by atoms with van der Waals surface area (Å²) in [5.74, 6) is -0.633. The fraction of sp³-hybridized carbons (Fsp3) is 0.214. The molecule has 0 aliphatic carbocycles. The van der Waals surface area contributed by atoms with Crippen LogP contribution >= 0.6 is 0 Å². The van der Waals surface area contributed by atoms with Crippen molar-refractivity contribution in [1.29, 1.82) is 0 Å². The van der Waals surface area contributed by atoms with Crippen molar-refractivity contribution >= 4 is 28.9 Å². The van der Waals surface area contributed by atoms with E-state index >= 15 is 0 Å². The zero-order valence-electron chi connectivity index (χ0n) is 11.1. The first-order valence-corrected chi connectivity index (χ1v) is 6.17. The zero-order valence-corrected chi connectivity index (χ0v) is 11.1. The van der Waals surface area contributed by atoms with Crippen LogP contribution in [0.3, 0.4) is 0 Å². The first-order valence-electron chi connectivity index (χ1n) is 6.17. The molecule has 0 atom stereocenters. The number of amides is 2. The van der Waals surface area contributed by atoms with E-state index in [1.54, 1.807) is 29.3 Å². The van der Waals surface area contributed by atoms with E-state index in [0.29, 0.717) is 5.57 Å². The fourth-order valence-electron chi connectivity index (χ4n) is 2.44. The minimum Gasteiger partial charge on any atom is -0.295 e. The molecule has 0 radical (unpaired) electrons. The van der Waals surface area contributed by atoms with Crippen LogP contribution in [0.4, 0.5) is 0 Å². The van der Waals surface area contributed by atoms with Crippen molar-refractivity contribution in [2.45, 2.75) is 6.42 Å². The Bertz CT molecular complexity index is 839. The van der Waals surface area contributed by atoms with Crippen molar-refractivity contribution in [3.63, 3.8) is 0 Å². The van der Waals surface area contributed by atoms with Crippen LogP contribution in [0.1, 0.15) is 12.0 Å². The zero-order chi connectivity index (χ0) is 14.4. The van der Waals surface area contributed by atoms with Crippen LogP contribution in [0.5, 0.6) is 0 Å². The number of carbonyl (C=O) groups is 2. The highest BCUT2D eigenvalue weighted by Gasteiger charge is 2.23. The molecule has 3 rings (SSSR count). The summed E-state index contributed by atoms with van der Waals surface area (Å²) < 4.78 is 3.12. The number of aromatic nitrogens is 2. The number of benzene rings is 1. The first kappa shape index (κ1) is 12.4. The monoisotopic (exact) mass is 271 g/mol. The standard InChI is InChI=1S/C14H13N3O3/c1-16-10-4-3-8(6-11(10)17(2)14(16)20)5-9-7-12(18)15-13(9)19/h3-6H,7H2,1-2H3,(H,15,18,19)/b9-5+. The van der Waals surface area contributed by atoms with Crippen LogP contribution in [0, 0.1) is 0 Å². The lowest BCUT2D eigenvalue weighted by molar-refractivity contribution is -0.124. The Morgan fingerprint density at radius 3 is 2.45 bits per heavy atom. The van der Waals surface area contributed by atoms with Crippen LogP contribution in [0.25, 0.3) is 17.1 Å². The maximum Gasteiger partial charge on any atom is 0.328 e. The van der Waals surface area contributed by atoms with Gasteiger partial charge in [0.2, 0.25) is 5.91 Å². The molecule has 6 nitrogen and oxygen atoms in total. The maximum absolute atomic E-state index is 11.8. The van der Waals surface area contributed by atoms with Gasteiger partial charge in [-0.2, -0.15) is 0 Å². The molecule has 1 aliphatic heterocycles. The number of fused-ring (bicyclic) bond motifs is 1. The van der Waals surface area contributed by atoms with Gasteiger partial charge >= 0.3 is 5.69 Å². The molecule has 20 heavy (non-hydrogen) atoms. The molecule has 1 N–H and O–H groups in total. The first-order chi connectivity index (χ1) is 9.47. The molecule has 1 saturated heterocycles. The Kier molecular flexibility index (Phi) is 2.60. The lowest BCUT2D eigenvalue weighted by atomic mass is 10.1. The Labute approximate surface area is 114 Å². The lowest BCUT2D eigenvalue weighted by Crippen LogP contribution is -2.19. The van der Waals surface area contributed by atoms with Gasteiger partial charge in [-0.25, -0.2) is 4.79 Å². The van der Waals surface area contributed by atoms with Gasteiger partial charge in [0.25, 0.3) is 5.91 Å². The molecule has 1 aromatic heterocycles. The van der Waals surface area contributed by atoms with Crippen LogP contribution in [-0.2, 0) is 23.7 Å². The molecule has 1 aliphatic rings. The quantitative estimate of drug-likeness (QED) is 0.599. The van der Waals surface area contributed by atoms with E-state index in [9.17, 15) is 14.4 Å². The number of imidazole rings is 1. The van der Waals surface area contributed by atoms with Crippen molar-refractivity contribution in [3.05, 3.63) is 39.8 Å². The normalized spacial score (nSPS) is 17.2. The largest absolute Gasteiger partial charge is 0.328 e. The third-order valence-electron chi connectivity index (χ3n) is 3.53. The number of imide groups is 1. The fourth-order valence-corrected chi connectivity index (χ4v) is 2.44. The summed E-state index contributed by atoms with van der Waals surface area (Å²) in [5, 5.41) is 2.24. The molecule has 102 valence electrons. The second kappa shape index (κ2) is 4.19. The number of aryl methyl sites for hydroxylation is 2. The summed E-state index contributed by atoms with van der Waals surface area (Å²) in [6, 6.07) is 5.49. The van der Waals surface area contributed by atoms with Gasteiger partial charge in [0, 0.05) is 19.7 Å². The minimum atomic E-state index is -0.350. The topological polar surface area (TPSA) is 73.1 Å². The third-order valence-corrected chi connectivity index (χ3v) is 3.53. The van der Waals surface area contributed by atoms with Gasteiger partial charge in [-0.15, -0.1) is 0 Å². The van der Waals surface area contributed by atoms with E-state index in [4.69, 9.17) is 0 Å². The average molecular weight is 271 g/mol. The molecule has 1 fully saturated rings. The van der Waals surface area contributed by atoms with Gasteiger partial charge in [-0.1, -0.05) is 6.07 Å². The van der Waals surface area contributed by atoms with Crippen molar-refractivity contribution in [2.24, 2.45) is 14.1 Å². The number of carbonyl (C=O) groups excluding carboxylic acids is 2. The predicted molar refractivity (Wildman–Crippen MR) is 73.9 cm³/mol. The van der Waals surface area contributed by atoms with E-state index in [1.807, 2.05) is 18.2 Å². The van der Waals surface area contributed by atoms with E-state index in [1.165, 1.54) is 0 Å². The second-order valence-electron chi connectivity index (χ2n) is 4.87. The van der Waals surface area contributed by atoms with Crippen LogP contribution in [0.15, 0.2) is 28.6 Å². The Hall–Kier alpha value is -2.63. The maximum atomic E-state index is 11.8. The molecule has 0 spiro atoms. The van der Waals surface area contributed by atoms with Gasteiger partial charge in [0.05, 0.1) is 17.5 Å². The van der Waals surface area contributed by atoms with Crippen molar-refractivity contribution in [3.8, 4) is 0 Å². The molecule has 0 saturated carbocycles. The van der Waals surface area contributed by atoms with Crippen molar-refractivity contribution < 1.29 is 9.59 Å². The van der Waals surface area contributed by atoms with Crippen molar-refractivity contribution in [1.82, 2.24) is 14.5 Å². The summed E-state index contributed by atoms with van der Waals surface area (Å²) in [6.45, 7) is 0. The van der Waals surface area contributed by atoms with Gasteiger partial charge in [0.15, 0.2) is 0 Å². The number of rotatable bonds is 1. The minimum absolute atomic E-state index is 0.0985. The third kappa shape index (κ3) is 1.77. The van der Waals surface area contributed by atoms with Gasteiger partial charge in [-0.05, 0) is 23.8 Å². The predicted octanol–water partition coefficient (Wildman–Crippen LogP) is 0.307. The molecule has 2 amide bonds. The summed E-state index contributed by atoms with van der Waals surface area (Å²) >= 11 is 0. The molecular weight excluding hydrogens is 258 g/mol. The molecule has 2 heterocycles. The highest BCUT2D eigenvalue weighted by atomic mass is 16.2. The number of nitrogens with one attached hydrogen (secondary N) is 1. The Balaban J connectivity index is 2.13. The second-order valence-corrected chi connectivity index (χ2v) is 4.87. The van der Waals surface area contributed by atoms with Gasteiger partial charge in [-0.3, -0.25) is 24.0 Å². The van der Waals surface area contributed by atoms with Crippen LogP contribution in [0.2, 0.25) is 0 Å². The smallest absolute Gasteiger partial charge is 0.295 e. The molecule has 0 unspecified atom stereocenters. The van der Waals surface area contributed by atoms with E-state index in [-0.39, 0.29) is 23.9 Å². The highest BCUT2D eigenvalue weighted by Crippen LogP contribution is 2.19. The van der Waals surface area contributed by atoms with Gasteiger partial charge < -0.3 is 0 Å². The van der Waals surface area contributed by atoms with Crippen LogP contribution in [-0.4, -0.2) is 20.9 Å².